The fourth-order valence-corrected chi connectivity index (χ4v) is 2.51. The van der Waals surface area contributed by atoms with Gasteiger partial charge in [0, 0.05) is 0 Å². The highest BCUT2D eigenvalue weighted by atomic mass is 19.4. The summed E-state index contributed by atoms with van der Waals surface area (Å²) in [6.07, 6.45) is -3.41. The van der Waals surface area contributed by atoms with Gasteiger partial charge in [-0.2, -0.15) is 13.2 Å². The normalized spacial score (nSPS) is 12.4. The molecular formula is C20H21F3O4. The molecule has 7 heteroatoms. The number of hydrogen-bond donors (Lipinski definition) is 1. The second-order valence-electron chi connectivity index (χ2n) is 6.01. The Bertz CT molecular complexity index is 742. The Morgan fingerprint density at radius 1 is 1.04 bits per heavy atom. The smallest absolute Gasteiger partial charge is 0.416 e. The minimum Gasteiger partial charge on any atom is -0.490 e. The zero-order chi connectivity index (χ0) is 19.9. The molecule has 0 fully saturated rings. The molecule has 0 radical (unpaired) electrons. The monoisotopic (exact) mass is 382 g/mol. The van der Waals surface area contributed by atoms with E-state index in [1.807, 2.05) is 13.0 Å². The summed E-state index contributed by atoms with van der Waals surface area (Å²) in [6.45, 7) is 2.21. The molecule has 4 nitrogen and oxygen atoms in total. The second kappa shape index (κ2) is 9.30. The lowest BCUT2D eigenvalue weighted by Gasteiger charge is -2.12. The van der Waals surface area contributed by atoms with E-state index in [0.29, 0.717) is 24.3 Å². The van der Waals surface area contributed by atoms with Crippen LogP contribution in [0.1, 0.15) is 24.5 Å². The number of ether oxygens (including phenoxy) is 2. The highest BCUT2D eigenvalue weighted by Crippen LogP contribution is 2.30. The van der Waals surface area contributed by atoms with Crippen molar-refractivity contribution < 1.29 is 32.5 Å². The van der Waals surface area contributed by atoms with Crippen LogP contribution in [0.5, 0.6) is 11.5 Å². The molecule has 0 aliphatic rings. The van der Waals surface area contributed by atoms with Gasteiger partial charge in [0.15, 0.2) is 0 Å². The van der Waals surface area contributed by atoms with Gasteiger partial charge in [-0.3, -0.25) is 4.79 Å². The third-order valence-corrected chi connectivity index (χ3v) is 4.03. The molecule has 0 aliphatic carbocycles. The van der Waals surface area contributed by atoms with Crippen molar-refractivity contribution in [2.75, 3.05) is 13.2 Å². The van der Waals surface area contributed by atoms with Gasteiger partial charge in [-0.25, -0.2) is 0 Å². The third-order valence-electron chi connectivity index (χ3n) is 4.03. The van der Waals surface area contributed by atoms with E-state index in [1.54, 1.807) is 18.2 Å². The molecule has 2 aromatic carbocycles. The summed E-state index contributed by atoms with van der Waals surface area (Å²) in [5.74, 6) is -0.353. The first-order chi connectivity index (χ1) is 12.8. The van der Waals surface area contributed by atoms with Crippen LogP contribution in [0.4, 0.5) is 13.2 Å². The molecule has 0 aliphatic heterocycles. The Morgan fingerprint density at radius 2 is 1.67 bits per heavy atom. The molecule has 146 valence electrons. The van der Waals surface area contributed by atoms with Gasteiger partial charge >= 0.3 is 12.1 Å². The van der Waals surface area contributed by atoms with E-state index in [0.717, 1.165) is 17.7 Å². The Labute approximate surface area is 155 Å². The standard InChI is InChI=1S/C20H21F3O4/c1-2-15(19(24)25)12-14-4-3-5-18(13-14)27-11-10-26-17-8-6-16(7-9-17)20(21,22)23/h3-9,13,15H,2,10-12H2,1H3,(H,24,25). The predicted molar refractivity (Wildman–Crippen MR) is 94.0 cm³/mol. The zero-order valence-corrected chi connectivity index (χ0v) is 14.8. The van der Waals surface area contributed by atoms with Gasteiger partial charge in [0.25, 0.3) is 0 Å². The van der Waals surface area contributed by atoms with Crippen LogP contribution in [0, 0.1) is 5.92 Å². The van der Waals surface area contributed by atoms with Crippen LogP contribution in [0.15, 0.2) is 48.5 Å². The zero-order valence-electron chi connectivity index (χ0n) is 14.8. The summed E-state index contributed by atoms with van der Waals surface area (Å²) < 4.78 is 48.4. The molecule has 0 heterocycles. The van der Waals surface area contributed by atoms with Gasteiger partial charge in [-0.15, -0.1) is 0 Å². The molecule has 0 amide bonds. The van der Waals surface area contributed by atoms with E-state index in [1.165, 1.54) is 12.1 Å². The number of rotatable bonds is 9. The minimum absolute atomic E-state index is 0.169. The van der Waals surface area contributed by atoms with Gasteiger partial charge in [-0.1, -0.05) is 19.1 Å². The van der Waals surface area contributed by atoms with Crippen molar-refractivity contribution in [3.63, 3.8) is 0 Å². The van der Waals surface area contributed by atoms with Gasteiger partial charge in [-0.05, 0) is 54.8 Å². The maximum Gasteiger partial charge on any atom is 0.416 e. The van der Waals surface area contributed by atoms with Crippen molar-refractivity contribution in [1.29, 1.82) is 0 Å². The van der Waals surface area contributed by atoms with Crippen LogP contribution in [-0.4, -0.2) is 24.3 Å². The largest absolute Gasteiger partial charge is 0.490 e. The van der Waals surface area contributed by atoms with Crippen LogP contribution >= 0.6 is 0 Å². The summed E-state index contributed by atoms with van der Waals surface area (Å²) in [6, 6.07) is 11.6. The summed E-state index contributed by atoms with van der Waals surface area (Å²) in [5.41, 5.74) is 0.139. The first kappa shape index (κ1) is 20.6. The summed E-state index contributed by atoms with van der Waals surface area (Å²) in [7, 11) is 0. The summed E-state index contributed by atoms with van der Waals surface area (Å²) in [5, 5.41) is 9.14. The molecule has 1 N–H and O–H groups in total. The molecule has 2 rings (SSSR count). The fraction of sp³-hybridized carbons (Fsp3) is 0.350. The number of carboxylic acids is 1. The van der Waals surface area contributed by atoms with Crippen molar-refractivity contribution in [3.05, 3.63) is 59.7 Å². The minimum atomic E-state index is -4.37. The second-order valence-corrected chi connectivity index (χ2v) is 6.01. The van der Waals surface area contributed by atoms with E-state index < -0.39 is 23.6 Å². The van der Waals surface area contributed by atoms with Crippen LogP contribution in [-0.2, 0) is 17.4 Å². The SMILES string of the molecule is CCC(Cc1cccc(OCCOc2ccc(C(F)(F)F)cc2)c1)C(=O)O. The van der Waals surface area contributed by atoms with Crippen LogP contribution in [0.25, 0.3) is 0 Å². The molecular weight excluding hydrogens is 361 g/mol. The van der Waals surface area contributed by atoms with E-state index in [-0.39, 0.29) is 13.2 Å². The highest BCUT2D eigenvalue weighted by Gasteiger charge is 2.30. The van der Waals surface area contributed by atoms with Crippen LogP contribution in [0.3, 0.4) is 0 Å². The summed E-state index contributed by atoms with van der Waals surface area (Å²) >= 11 is 0. The molecule has 0 aromatic heterocycles. The molecule has 0 saturated heterocycles. The lowest BCUT2D eigenvalue weighted by atomic mass is 9.97. The molecule has 1 atom stereocenters. The quantitative estimate of drug-likeness (QED) is 0.632. The molecule has 27 heavy (non-hydrogen) atoms. The summed E-state index contributed by atoms with van der Waals surface area (Å²) in [4.78, 5) is 11.1. The predicted octanol–water partition coefficient (Wildman–Crippen LogP) is 4.82. The lowest BCUT2D eigenvalue weighted by Crippen LogP contribution is -2.15. The number of hydrogen-bond acceptors (Lipinski definition) is 3. The van der Waals surface area contributed by atoms with E-state index >= 15 is 0 Å². The molecule has 2 aromatic rings. The average Bonchev–Trinajstić information content (AvgIpc) is 2.63. The molecule has 0 saturated carbocycles. The lowest BCUT2D eigenvalue weighted by molar-refractivity contribution is -0.141. The highest BCUT2D eigenvalue weighted by molar-refractivity contribution is 5.70. The molecule has 0 spiro atoms. The van der Waals surface area contributed by atoms with Crippen molar-refractivity contribution in [2.24, 2.45) is 5.92 Å². The number of halogens is 3. The number of benzene rings is 2. The topological polar surface area (TPSA) is 55.8 Å². The van der Waals surface area contributed by atoms with Crippen LogP contribution in [0.2, 0.25) is 0 Å². The van der Waals surface area contributed by atoms with Crippen molar-refractivity contribution >= 4 is 5.97 Å². The van der Waals surface area contributed by atoms with Gasteiger partial charge in [0.1, 0.15) is 24.7 Å². The van der Waals surface area contributed by atoms with Gasteiger partial charge < -0.3 is 14.6 Å². The van der Waals surface area contributed by atoms with E-state index in [4.69, 9.17) is 14.6 Å². The Kier molecular flexibility index (Phi) is 7.10. The Hall–Kier alpha value is -2.70. The van der Waals surface area contributed by atoms with Crippen molar-refractivity contribution in [2.45, 2.75) is 25.9 Å². The average molecular weight is 382 g/mol. The maximum atomic E-state index is 12.5. The molecule has 0 bridgehead atoms. The fourth-order valence-electron chi connectivity index (χ4n) is 2.51. The van der Waals surface area contributed by atoms with E-state index in [9.17, 15) is 18.0 Å². The first-order valence-electron chi connectivity index (χ1n) is 8.54. The van der Waals surface area contributed by atoms with Gasteiger partial charge in [0.05, 0.1) is 11.5 Å². The Balaban J connectivity index is 1.82. The number of carboxylic acid groups (broad SMARTS) is 1. The van der Waals surface area contributed by atoms with Crippen molar-refractivity contribution in [1.82, 2.24) is 0 Å². The maximum absolute atomic E-state index is 12.5. The number of aliphatic carboxylic acids is 1. The van der Waals surface area contributed by atoms with E-state index in [2.05, 4.69) is 0 Å². The van der Waals surface area contributed by atoms with Gasteiger partial charge in [0.2, 0.25) is 0 Å². The molecule has 1 unspecified atom stereocenters. The van der Waals surface area contributed by atoms with Crippen LogP contribution < -0.4 is 9.47 Å². The number of carbonyl (C=O) groups is 1. The first-order valence-corrected chi connectivity index (χ1v) is 8.54. The number of alkyl halides is 3. The third kappa shape index (κ3) is 6.51. The van der Waals surface area contributed by atoms with Crippen molar-refractivity contribution in [3.8, 4) is 11.5 Å². The Morgan fingerprint density at radius 3 is 2.22 bits per heavy atom.